The first-order valence-electron chi connectivity index (χ1n) is 7.18. The number of pyridine rings is 1. The van der Waals surface area contributed by atoms with Gasteiger partial charge in [-0.3, -0.25) is 19.5 Å². The molecule has 1 aliphatic rings. The lowest BCUT2D eigenvalue weighted by atomic mass is 10.2. The van der Waals surface area contributed by atoms with Gasteiger partial charge >= 0.3 is 0 Å². The average molecular weight is 361 g/mol. The minimum absolute atomic E-state index is 0.170. The van der Waals surface area contributed by atoms with Gasteiger partial charge in [-0.15, -0.1) is 0 Å². The number of carbonyl (C=O) groups excluding carboxylic acids is 2. The fraction of sp³-hybridized carbons (Fsp3) is 0.118. The quantitative estimate of drug-likeness (QED) is 0.758. The van der Waals surface area contributed by atoms with E-state index >= 15 is 0 Å². The number of carbonyl (C=O) groups is 2. The Kier molecular flexibility index (Phi) is 5.17. The SMILES string of the molecule is O=C1S/C(=C\c2ccncc2)C(=O)N1CCOc1ccccc1Cl. The van der Waals surface area contributed by atoms with Crippen LogP contribution in [-0.4, -0.2) is 34.2 Å². The van der Waals surface area contributed by atoms with E-state index in [1.54, 1.807) is 54.9 Å². The number of ether oxygens (including phenoxy) is 1. The second kappa shape index (κ2) is 7.51. The molecule has 122 valence electrons. The average Bonchev–Trinajstić information content (AvgIpc) is 2.85. The maximum atomic E-state index is 12.3. The lowest BCUT2D eigenvalue weighted by Crippen LogP contribution is -2.32. The summed E-state index contributed by atoms with van der Waals surface area (Å²) < 4.78 is 5.53. The predicted octanol–water partition coefficient (Wildman–Crippen LogP) is 3.85. The Balaban J connectivity index is 1.63. The van der Waals surface area contributed by atoms with E-state index in [2.05, 4.69) is 4.98 Å². The van der Waals surface area contributed by atoms with Gasteiger partial charge in [0.15, 0.2) is 0 Å². The summed E-state index contributed by atoms with van der Waals surface area (Å²) in [7, 11) is 0. The summed E-state index contributed by atoms with van der Waals surface area (Å²) in [5.41, 5.74) is 0.822. The van der Waals surface area contributed by atoms with Crippen LogP contribution in [0.25, 0.3) is 6.08 Å². The maximum absolute atomic E-state index is 12.3. The number of nitrogens with zero attached hydrogens (tertiary/aromatic N) is 2. The number of thioether (sulfide) groups is 1. The van der Waals surface area contributed by atoms with Crippen LogP contribution < -0.4 is 4.74 Å². The van der Waals surface area contributed by atoms with Crippen LogP contribution in [-0.2, 0) is 4.79 Å². The van der Waals surface area contributed by atoms with E-state index in [4.69, 9.17) is 16.3 Å². The number of benzene rings is 1. The molecule has 2 amide bonds. The van der Waals surface area contributed by atoms with Gasteiger partial charge in [-0.05, 0) is 47.7 Å². The van der Waals surface area contributed by atoms with Crippen LogP contribution in [0.5, 0.6) is 5.75 Å². The van der Waals surface area contributed by atoms with Crippen molar-refractivity contribution in [3.63, 3.8) is 0 Å². The molecule has 1 aliphatic heterocycles. The Bertz CT molecular complexity index is 795. The molecule has 2 aromatic rings. The Morgan fingerprint density at radius 1 is 1.17 bits per heavy atom. The second-order valence-electron chi connectivity index (χ2n) is 4.89. The zero-order valence-corrected chi connectivity index (χ0v) is 14.1. The summed E-state index contributed by atoms with van der Waals surface area (Å²) in [6.07, 6.45) is 4.95. The van der Waals surface area contributed by atoms with E-state index in [0.29, 0.717) is 15.7 Å². The summed E-state index contributed by atoms with van der Waals surface area (Å²) in [5, 5.41) is 0.187. The Morgan fingerprint density at radius 3 is 2.67 bits per heavy atom. The van der Waals surface area contributed by atoms with Crippen molar-refractivity contribution in [2.24, 2.45) is 0 Å². The van der Waals surface area contributed by atoms with Crippen LogP contribution in [0.2, 0.25) is 5.02 Å². The van der Waals surface area contributed by atoms with E-state index in [-0.39, 0.29) is 24.3 Å². The van der Waals surface area contributed by atoms with Gasteiger partial charge < -0.3 is 4.74 Å². The number of hydrogen-bond donors (Lipinski definition) is 0. The van der Waals surface area contributed by atoms with Crippen molar-refractivity contribution in [1.82, 2.24) is 9.88 Å². The number of imide groups is 1. The van der Waals surface area contributed by atoms with Crippen LogP contribution >= 0.6 is 23.4 Å². The van der Waals surface area contributed by atoms with E-state index in [1.165, 1.54) is 4.90 Å². The molecule has 1 aromatic heterocycles. The van der Waals surface area contributed by atoms with Crippen LogP contribution in [0.3, 0.4) is 0 Å². The van der Waals surface area contributed by atoms with Gasteiger partial charge in [-0.2, -0.15) is 0 Å². The highest BCUT2D eigenvalue weighted by Gasteiger charge is 2.34. The molecule has 0 atom stereocenters. The van der Waals surface area contributed by atoms with Gasteiger partial charge in [0, 0.05) is 12.4 Å². The van der Waals surface area contributed by atoms with Gasteiger partial charge in [0.25, 0.3) is 11.1 Å². The number of amides is 2. The first kappa shape index (κ1) is 16.5. The normalized spacial score (nSPS) is 16.0. The molecular weight excluding hydrogens is 348 g/mol. The molecule has 2 heterocycles. The van der Waals surface area contributed by atoms with Gasteiger partial charge in [-0.25, -0.2) is 0 Å². The van der Waals surface area contributed by atoms with Crippen molar-refractivity contribution in [3.8, 4) is 5.75 Å². The van der Waals surface area contributed by atoms with Gasteiger partial charge in [0.05, 0.1) is 16.5 Å². The number of aromatic nitrogens is 1. The number of halogens is 1. The number of para-hydroxylation sites is 1. The molecule has 1 aromatic carbocycles. The molecule has 1 saturated heterocycles. The van der Waals surface area contributed by atoms with Crippen molar-refractivity contribution in [1.29, 1.82) is 0 Å². The summed E-state index contributed by atoms with van der Waals surface area (Å²) in [6, 6.07) is 10.6. The summed E-state index contributed by atoms with van der Waals surface area (Å²) >= 11 is 6.92. The summed E-state index contributed by atoms with van der Waals surface area (Å²) in [4.78, 5) is 29.9. The monoisotopic (exact) mass is 360 g/mol. The van der Waals surface area contributed by atoms with E-state index in [1.807, 2.05) is 0 Å². The van der Waals surface area contributed by atoms with E-state index < -0.39 is 0 Å². The molecule has 0 spiro atoms. The third kappa shape index (κ3) is 3.77. The third-order valence-corrected chi connectivity index (χ3v) is 4.51. The largest absolute Gasteiger partial charge is 0.490 e. The van der Waals surface area contributed by atoms with Crippen molar-refractivity contribution in [2.45, 2.75) is 0 Å². The highest BCUT2D eigenvalue weighted by Crippen LogP contribution is 2.32. The highest BCUT2D eigenvalue weighted by molar-refractivity contribution is 8.18. The van der Waals surface area contributed by atoms with Crippen LogP contribution in [0.15, 0.2) is 53.7 Å². The molecule has 3 rings (SSSR count). The van der Waals surface area contributed by atoms with Gasteiger partial charge in [-0.1, -0.05) is 23.7 Å². The standard InChI is InChI=1S/C17H13ClN2O3S/c18-13-3-1-2-4-14(13)23-10-9-20-16(21)15(24-17(20)22)11-12-5-7-19-8-6-12/h1-8,11H,9-10H2/b15-11-. The highest BCUT2D eigenvalue weighted by atomic mass is 35.5. The Morgan fingerprint density at radius 2 is 1.92 bits per heavy atom. The smallest absolute Gasteiger partial charge is 0.293 e. The minimum Gasteiger partial charge on any atom is -0.490 e. The molecule has 7 heteroatoms. The number of rotatable bonds is 5. The van der Waals surface area contributed by atoms with Crippen LogP contribution in [0.1, 0.15) is 5.56 Å². The third-order valence-electron chi connectivity index (χ3n) is 3.29. The first-order valence-corrected chi connectivity index (χ1v) is 8.37. The molecule has 1 fully saturated rings. The first-order chi connectivity index (χ1) is 11.6. The van der Waals surface area contributed by atoms with Gasteiger partial charge in [0.1, 0.15) is 12.4 Å². The molecule has 0 N–H and O–H groups in total. The summed E-state index contributed by atoms with van der Waals surface area (Å²) in [6.45, 7) is 0.355. The molecule has 5 nitrogen and oxygen atoms in total. The topological polar surface area (TPSA) is 59.5 Å². The lowest BCUT2D eigenvalue weighted by molar-refractivity contribution is -0.123. The maximum Gasteiger partial charge on any atom is 0.293 e. The molecule has 24 heavy (non-hydrogen) atoms. The second-order valence-corrected chi connectivity index (χ2v) is 6.29. The predicted molar refractivity (Wildman–Crippen MR) is 93.9 cm³/mol. The van der Waals surface area contributed by atoms with Crippen LogP contribution in [0.4, 0.5) is 4.79 Å². The fourth-order valence-corrected chi connectivity index (χ4v) is 3.17. The zero-order valence-electron chi connectivity index (χ0n) is 12.5. The van der Waals surface area contributed by atoms with E-state index in [0.717, 1.165) is 17.3 Å². The molecule has 0 radical (unpaired) electrons. The minimum atomic E-state index is -0.315. The van der Waals surface area contributed by atoms with Crippen molar-refractivity contribution in [3.05, 3.63) is 64.3 Å². The summed E-state index contributed by atoms with van der Waals surface area (Å²) in [5.74, 6) is 0.211. The molecule has 0 aliphatic carbocycles. The molecular formula is C17H13ClN2O3S. The van der Waals surface area contributed by atoms with Crippen molar-refractivity contribution in [2.75, 3.05) is 13.2 Å². The van der Waals surface area contributed by atoms with Crippen LogP contribution in [0, 0.1) is 0 Å². The number of hydrogen-bond acceptors (Lipinski definition) is 5. The van der Waals surface area contributed by atoms with Crippen molar-refractivity contribution < 1.29 is 14.3 Å². The molecule has 0 bridgehead atoms. The van der Waals surface area contributed by atoms with E-state index in [9.17, 15) is 9.59 Å². The Hall–Kier alpha value is -2.31. The zero-order chi connectivity index (χ0) is 16.9. The van der Waals surface area contributed by atoms with Gasteiger partial charge in [0.2, 0.25) is 0 Å². The molecule has 0 unspecified atom stereocenters. The fourth-order valence-electron chi connectivity index (χ4n) is 2.11. The van der Waals surface area contributed by atoms with Crippen molar-refractivity contribution >= 4 is 40.6 Å². The Labute approximate surface area is 148 Å². The lowest BCUT2D eigenvalue weighted by Gasteiger charge is -2.13. The molecule has 0 saturated carbocycles.